The van der Waals surface area contributed by atoms with E-state index in [1.54, 1.807) is 0 Å². The third-order valence-electron chi connectivity index (χ3n) is 5.94. The first-order valence-electron chi connectivity index (χ1n) is 11.2. The van der Waals surface area contributed by atoms with Crippen LogP contribution in [0.25, 0.3) is 0 Å². The maximum Gasteiger partial charge on any atom is 0.225 e. The molecule has 3 atom stereocenters. The van der Waals surface area contributed by atoms with E-state index in [0.29, 0.717) is 5.92 Å². The molecule has 0 aliphatic heterocycles. The fourth-order valence-corrected chi connectivity index (χ4v) is 4.13. The van der Waals surface area contributed by atoms with Crippen molar-refractivity contribution in [2.75, 3.05) is 19.6 Å². The molecule has 0 heterocycles. The summed E-state index contributed by atoms with van der Waals surface area (Å²) in [7, 11) is 0. The highest BCUT2D eigenvalue weighted by atomic mass is 19.1. The lowest BCUT2D eigenvalue weighted by atomic mass is 9.81. The summed E-state index contributed by atoms with van der Waals surface area (Å²) in [6.07, 6.45) is 6.02. The zero-order chi connectivity index (χ0) is 21.4. The number of benzene rings is 1. The highest BCUT2D eigenvalue weighted by molar-refractivity contribution is 5.81. The van der Waals surface area contributed by atoms with Gasteiger partial charge in [-0.05, 0) is 75.2 Å². The van der Waals surface area contributed by atoms with Crippen molar-refractivity contribution in [3.63, 3.8) is 0 Å². The van der Waals surface area contributed by atoms with Crippen molar-refractivity contribution >= 4 is 5.91 Å². The molecule has 4 nitrogen and oxygen atoms in total. The molecule has 1 aromatic carbocycles. The lowest BCUT2D eigenvalue weighted by Gasteiger charge is -2.38. The second kappa shape index (κ2) is 11.1. The first-order chi connectivity index (χ1) is 13.7. The minimum atomic E-state index is -0.357. The number of aryl methyl sites for hydroxylation is 1. The predicted molar refractivity (Wildman–Crippen MR) is 118 cm³/mol. The standard InChI is InChI=1S/C24H40FN3O/c1-5-14-28(15-6-7-18-8-10-20(25)11-9-18)17-19-16-21(12-13-22(19)26)27-23(29)24(2,3)4/h8-11,19,21-22H,5-7,12-17,26H2,1-4H3,(H,27,29)/t19-,21+,22+/m0/s1. The molecule has 5 heteroatoms. The normalized spacial score (nSPS) is 22.7. The number of hydrogen-bond acceptors (Lipinski definition) is 3. The zero-order valence-electron chi connectivity index (χ0n) is 18.7. The second-order valence-corrected chi connectivity index (χ2v) is 9.69. The van der Waals surface area contributed by atoms with Gasteiger partial charge in [-0.15, -0.1) is 0 Å². The number of amides is 1. The van der Waals surface area contributed by atoms with Gasteiger partial charge in [0, 0.05) is 24.0 Å². The van der Waals surface area contributed by atoms with Crippen LogP contribution in [0.3, 0.4) is 0 Å². The van der Waals surface area contributed by atoms with E-state index in [2.05, 4.69) is 17.1 Å². The number of nitrogens with two attached hydrogens (primary N) is 1. The lowest BCUT2D eigenvalue weighted by molar-refractivity contribution is -0.129. The minimum absolute atomic E-state index is 0.126. The molecule has 1 saturated carbocycles. The predicted octanol–water partition coefficient (Wildman–Crippen LogP) is 4.13. The molecule has 0 unspecified atom stereocenters. The molecule has 1 aromatic rings. The van der Waals surface area contributed by atoms with Crippen molar-refractivity contribution < 1.29 is 9.18 Å². The van der Waals surface area contributed by atoms with Crippen molar-refractivity contribution in [2.45, 2.75) is 78.3 Å². The van der Waals surface area contributed by atoms with E-state index in [9.17, 15) is 9.18 Å². The molecular formula is C24H40FN3O. The maximum absolute atomic E-state index is 13.1. The van der Waals surface area contributed by atoms with Crippen molar-refractivity contribution in [3.8, 4) is 0 Å². The Morgan fingerprint density at radius 3 is 2.52 bits per heavy atom. The molecule has 1 amide bonds. The van der Waals surface area contributed by atoms with Crippen molar-refractivity contribution in [3.05, 3.63) is 35.6 Å². The smallest absolute Gasteiger partial charge is 0.225 e. The summed E-state index contributed by atoms with van der Waals surface area (Å²) in [5, 5.41) is 3.24. The highest BCUT2D eigenvalue weighted by Crippen LogP contribution is 2.26. The topological polar surface area (TPSA) is 58.4 Å². The summed E-state index contributed by atoms with van der Waals surface area (Å²) < 4.78 is 13.1. The Morgan fingerprint density at radius 1 is 1.21 bits per heavy atom. The average molecular weight is 406 g/mol. The van der Waals surface area contributed by atoms with Crippen molar-refractivity contribution in [1.29, 1.82) is 0 Å². The van der Waals surface area contributed by atoms with Crippen LogP contribution in [0.5, 0.6) is 0 Å². The van der Waals surface area contributed by atoms with E-state index in [1.807, 2.05) is 32.9 Å². The monoisotopic (exact) mass is 405 g/mol. The van der Waals surface area contributed by atoms with Gasteiger partial charge in [0.1, 0.15) is 5.82 Å². The number of carbonyl (C=O) groups is 1. The Morgan fingerprint density at radius 2 is 1.90 bits per heavy atom. The van der Waals surface area contributed by atoms with Gasteiger partial charge in [0.05, 0.1) is 0 Å². The van der Waals surface area contributed by atoms with Crippen molar-refractivity contribution in [2.24, 2.45) is 17.1 Å². The van der Waals surface area contributed by atoms with Crippen LogP contribution in [0.1, 0.15) is 65.4 Å². The number of nitrogens with one attached hydrogen (secondary N) is 1. The molecule has 0 aromatic heterocycles. The molecule has 2 rings (SSSR count). The molecule has 29 heavy (non-hydrogen) atoms. The molecule has 1 fully saturated rings. The first-order valence-corrected chi connectivity index (χ1v) is 11.2. The van der Waals surface area contributed by atoms with Crippen LogP contribution < -0.4 is 11.1 Å². The Labute approximate surface area is 176 Å². The molecule has 1 aliphatic carbocycles. The van der Waals surface area contributed by atoms with E-state index >= 15 is 0 Å². The van der Waals surface area contributed by atoms with Gasteiger partial charge in [-0.1, -0.05) is 39.8 Å². The molecule has 3 N–H and O–H groups in total. The van der Waals surface area contributed by atoms with E-state index < -0.39 is 0 Å². The zero-order valence-corrected chi connectivity index (χ0v) is 18.7. The lowest BCUT2D eigenvalue weighted by Crippen LogP contribution is -2.50. The number of nitrogens with zero attached hydrogens (tertiary/aromatic N) is 1. The van der Waals surface area contributed by atoms with Crippen LogP contribution >= 0.6 is 0 Å². The van der Waals surface area contributed by atoms with E-state index in [-0.39, 0.29) is 29.2 Å². The molecule has 0 spiro atoms. The number of carbonyl (C=O) groups excluding carboxylic acids is 1. The van der Waals surface area contributed by atoms with Gasteiger partial charge in [0.15, 0.2) is 0 Å². The van der Waals surface area contributed by atoms with Gasteiger partial charge in [0.25, 0.3) is 0 Å². The summed E-state index contributed by atoms with van der Waals surface area (Å²) in [5.74, 6) is 0.355. The summed E-state index contributed by atoms with van der Waals surface area (Å²) >= 11 is 0. The molecule has 0 saturated heterocycles. The largest absolute Gasteiger partial charge is 0.353 e. The summed E-state index contributed by atoms with van der Waals surface area (Å²) in [6, 6.07) is 7.25. The summed E-state index contributed by atoms with van der Waals surface area (Å²) in [5.41, 5.74) is 7.29. The fourth-order valence-electron chi connectivity index (χ4n) is 4.13. The summed E-state index contributed by atoms with van der Waals surface area (Å²) in [4.78, 5) is 14.9. The fraction of sp³-hybridized carbons (Fsp3) is 0.708. The average Bonchev–Trinajstić information content (AvgIpc) is 2.65. The molecule has 1 aliphatic rings. The third-order valence-corrected chi connectivity index (χ3v) is 5.94. The number of hydrogen-bond donors (Lipinski definition) is 2. The van der Waals surface area contributed by atoms with Crippen LogP contribution in [-0.2, 0) is 11.2 Å². The van der Waals surface area contributed by atoms with Crippen LogP contribution in [0.15, 0.2) is 24.3 Å². The van der Waals surface area contributed by atoms with Gasteiger partial charge in [-0.2, -0.15) is 0 Å². The SMILES string of the molecule is CCCN(CCCc1ccc(F)cc1)C[C@@H]1C[C@H](NC(=O)C(C)(C)C)CC[C@H]1N. The van der Waals surface area contributed by atoms with Gasteiger partial charge in [-0.25, -0.2) is 4.39 Å². The number of halogens is 1. The van der Waals surface area contributed by atoms with Crippen molar-refractivity contribution in [1.82, 2.24) is 10.2 Å². The quantitative estimate of drug-likeness (QED) is 0.649. The molecule has 0 bridgehead atoms. The third kappa shape index (κ3) is 8.06. The maximum atomic E-state index is 13.1. The Bertz CT molecular complexity index is 626. The highest BCUT2D eigenvalue weighted by Gasteiger charge is 2.32. The molecule has 0 radical (unpaired) electrons. The molecular weight excluding hydrogens is 365 g/mol. The van der Waals surface area contributed by atoms with E-state index in [4.69, 9.17) is 5.73 Å². The van der Waals surface area contributed by atoms with E-state index in [0.717, 1.165) is 58.2 Å². The van der Waals surface area contributed by atoms with Gasteiger partial charge in [0.2, 0.25) is 5.91 Å². The number of rotatable bonds is 9. The Hall–Kier alpha value is -1.46. The summed E-state index contributed by atoms with van der Waals surface area (Å²) in [6.45, 7) is 11.1. The van der Waals surface area contributed by atoms with Gasteiger partial charge in [-0.3, -0.25) is 4.79 Å². The first kappa shape index (κ1) is 23.8. The van der Waals surface area contributed by atoms with Gasteiger partial charge < -0.3 is 16.0 Å². The second-order valence-electron chi connectivity index (χ2n) is 9.69. The van der Waals surface area contributed by atoms with Crippen LogP contribution in [0, 0.1) is 17.2 Å². The minimum Gasteiger partial charge on any atom is -0.353 e. The Balaban J connectivity index is 1.86. The van der Waals surface area contributed by atoms with Gasteiger partial charge >= 0.3 is 0 Å². The van der Waals surface area contributed by atoms with Crippen LogP contribution in [0.4, 0.5) is 4.39 Å². The van der Waals surface area contributed by atoms with Crippen LogP contribution in [0.2, 0.25) is 0 Å². The van der Waals surface area contributed by atoms with E-state index in [1.165, 1.54) is 17.7 Å². The molecule has 164 valence electrons. The van der Waals surface area contributed by atoms with Crippen LogP contribution in [-0.4, -0.2) is 42.5 Å². The Kier molecular flexibility index (Phi) is 9.09.